The Hall–Kier alpha value is -1.72. The molecule has 0 saturated carbocycles. The van der Waals surface area contributed by atoms with Gasteiger partial charge in [0, 0.05) is 29.9 Å². The minimum Gasteiger partial charge on any atom is -0.477 e. The normalized spacial score (nSPS) is 10.5. The summed E-state index contributed by atoms with van der Waals surface area (Å²) in [6.45, 7) is 3.36. The van der Waals surface area contributed by atoms with Crippen molar-refractivity contribution < 1.29 is 9.90 Å². The number of aryl methyl sites for hydroxylation is 1. The molecule has 2 rings (SSSR count). The second-order valence-corrected chi connectivity index (χ2v) is 5.15. The zero-order valence-corrected chi connectivity index (χ0v) is 10.8. The van der Waals surface area contributed by atoms with Crippen LogP contribution in [0.1, 0.15) is 25.8 Å². The van der Waals surface area contributed by atoms with Crippen molar-refractivity contribution in [3.63, 3.8) is 0 Å². The maximum Gasteiger partial charge on any atom is 0.345 e. The van der Waals surface area contributed by atoms with Gasteiger partial charge in [0.15, 0.2) is 0 Å². The van der Waals surface area contributed by atoms with Crippen LogP contribution in [0.4, 0.5) is 0 Å². The van der Waals surface area contributed by atoms with Crippen molar-refractivity contribution in [3.05, 3.63) is 51.5 Å². The van der Waals surface area contributed by atoms with Crippen LogP contribution in [0.2, 0.25) is 0 Å². The van der Waals surface area contributed by atoms with Crippen LogP contribution >= 0.6 is 11.3 Å². The number of carbonyl (C=O) groups is 1. The zero-order valence-electron chi connectivity index (χ0n) is 10.0. The molecule has 0 saturated heterocycles. The number of nitrogens with zero attached hydrogens (tertiary/aromatic N) is 1. The lowest BCUT2D eigenvalue weighted by molar-refractivity contribution is 0.0702. The van der Waals surface area contributed by atoms with Crippen LogP contribution in [0.3, 0.4) is 0 Å². The molecule has 0 aliphatic carbocycles. The molecule has 0 aromatic carbocycles. The summed E-state index contributed by atoms with van der Waals surface area (Å²) in [4.78, 5) is 16.3. The van der Waals surface area contributed by atoms with Crippen LogP contribution in [0.5, 0.6) is 0 Å². The van der Waals surface area contributed by atoms with Crippen molar-refractivity contribution in [1.82, 2.24) is 10.3 Å². The van der Waals surface area contributed by atoms with E-state index in [4.69, 9.17) is 5.11 Å². The number of carboxylic acids is 1. The molecule has 0 fully saturated rings. The molecule has 0 unspecified atom stereocenters. The largest absolute Gasteiger partial charge is 0.477 e. The Bertz CT molecular complexity index is 534. The van der Waals surface area contributed by atoms with Crippen molar-refractivity contribution in [1.29, 1.82) is 0 Å². The predicted octanol–water partition coefficient (Wildman–Crippen LogP) is 2.44. The van der Waals surface area contributed by atoms with E-state index in [1.165, 1.54) is 11.3 Å². The van der Waals surface area contributed by atoms with Crippen LogP contribution in [0.15, 0.2) is 30.5 Å². The average Bonchev–Trinajstić information content (AvgIpc) is 2.81. The summed E-state index contributed by atoms with van der Waals surface area (Å²) in [5, 5.41) is 12.1. The third kappa shape index (κ3) is 3.38. The summed E-state index contributed by atoms with van der Waals surface area (Å²) in [5.74, 6) is -0.867. The van der Waals surface area contributed by atoms with Gasteiger partial charge in [-0.3, -0.25) is 4.98 Å². The number of pyridine rings is 1. The van der Waals surface area contributed by atoms with E-state index in [-0.39, 0.29) is 0 Å². The van der Waals surface area contributed by atoms with Gasteiger partial charge in [-0.1, -0.05) is 6.07 Å². The molecule has 2 heterocycles. The van der Waals surface area contributed by atoms with Crippen LogP contribution in [-0.4, -0.2) is 16.1 Å². The summed E-state index contributed by atoms with van der Waals surface area (Å²) in [6, 6.07) is 7.49. The zero-order chi connectivity index (χ0) is 13.0. The van der Waals surface area contributed by atoms with E-state index < -0.39 is 5.97 Å². The monoisotopic (exact) mass is 262 g/mol. The molecule has 2 aromatic rings. The summed E-state index contributed by atoms with van der Waals surface area (Å²) in [5.41, 5.74) is 2.12. The third-order valence-corrected chi connectivity index (χ3v) is 3.55. The van der Waals surface area contributed by atoms with E-state index in [1.54, 1.807) is 6.07 Å². The Morgan fingerprint density at radius 2 is 2.17 bits per heavy atom. The molecule has 0 aliphatic heterocycles. The van der Waals surface area contributed by atoms with Crippen molar-refractivity contribution in [2.75, 3.05) is 0 Å². The number of hydrogen-bond donors (Lipinski definition) is 2. The third-order valence-electron chi connectivity index (χ3n) is 2.47. The minimum atomic E-state index is -0.867. The van der Waals surface area contributed by atoms with Gasteiger partial charge in [-0.15, -0.1) is 11.3 Å². The van der Waals surface area contributed by atoms with Gasteiger partial charge in [0.1, 0.15) is 4.88 Å². The van der Waals surface area contributed by atoms with Crippen LogP contribution < -0.4 is 5.32 Å². The van der Waals surface area contributed by atoms with E-state index in [0.717, 1.165) is 22.7 Å². The lowest BCUT2D eigenvalue weighted by Gasteiger charge is -2.03. The summed E-state index contributed by atoms with van der Waals surface area (Å²) in [7, 11) is 0. The maximum atomic E-state index is 10.7. The van der Waals surface area contributed by atoms with Gasteiger partial charge < -0.3 is 10.4 Å². The first kappa shape index (κ1) is 12.7. The fourth-order valence-electron chi connectivity index (χ4n) is 1.52. The van der Waals surface area contributed by atoms with Crippen molar-refractivity contribution in [2.45, 2.75) is 20.0 Å². The molecule has 5 heteroatoms. The quantitative estimate of drug-likeness (QED) is 0.868. The molecular formula is C13H14N2O2S. The van der Waals surface area contributed by atoms with Gasteiger partial charge in [0.05, 0.1) is 0 Å². The summed E-state index contributed by atoms with van der Waals surface area (Å²) in [6.07, 6.45) is 1.85. The molecule has 94 valence electrons. The highest BCUT2D eigenvalue weighted by molar-refractivity contribution is 7.13. The molecule has 18 heavy (non-hydrogen) atoms. The lowest BCUT2D eigenvalue weighted by atomic mass is 10.2. The maximum absolute atomic E-state index is 10.7. The molecule has 2 N–H and O–H groups in total. The number of aromatic carboxylic acids is 1. The molecule has 0 spiro atoms. The van der Waals surface area contributed by atoms with Crippen molar-refractivity contribution >= 4 is 17.3 Å². The van der Waals surface area contributed by atoms with E-state index >= 15 is 0 Å². The number of carboxylic acid groups (broad SMARTS) is 1. The number of hydrogen-bond acceptors (Lipinski definition) is 4. The number of thiophene rings is 1. The van der Waals surface area contributed by atoms with Gasteiger partial charge in [0.25, 0.3) is 0 Å². The van der Waals surface area contributed by atoms with Crippen molar-refractivity contribution in [2.24, 2.45) is 0 Å². The summed E-state index contributed by atoms with van der Waals surface area (Å²) < 4.78 is 0. The first-order valence-corrected chi connectivity index (χ1v) is 6.41. The number of aromatic nitrogens is 1. The van der Waals surface area contributed by atoms with E-state index in [2.05, 4.69) is 10.3 Å². The molecule has 0 bridgehead atoms. The molecule has 0 atom stereocenters. The first-order valence-electron chi connectivity index (χ1n) is 5.59. The van der Waals surface area contributed by atoms with Crippen LogP contribution in [-0.2, 0) is 13.1 Å². The predicted molar refractivity (Wildman–Crippen MR) is 70.8 cm³/mol. The Labute approximate surface area is 109 Å². The highest BCUT2D eigenvalue weighted by Crippen LogP contribution is 2.16. The molecular weight excluding hydrogens is 248 g/mol. The Morgan fingerprint density at radius 3 is 2.78 bits per heavy atom. The topological polar surface area (TPSA) is 62.2 Å². The lowest BCUT2D eigenvalue weighted by Crippen LogP contribution is -2.11. The summed E-state index contributed by atoms with van der Waals surface area (Å²) >= 11 is 1.30. The average molecular weight is 262 g/mol. The number of rotatable bonds is 5. The molecule has 4 nitrogen and oxygen atoms in total. The Kier molecular flexibility index (Phi) is 4.07. The molecule has 0 aliphatic rings. The molecule has 2 aromatic heterocycles. The van der Waals surface area contributed by atoms with Gasteiger partial charge in [-0.2, -0.15) is 0 Å². The molecule has 0 amide bonds. The minimum absolute atomic E-state index is 0.379. The second kappa shape index (κ2) is 5.75. The van der Waals surface area contributed by atoms with E-state index in [9.17, 15) is 4.79 Å². The highest BCUT2D eigenvalue weighted by Gasteiger charge is 2.06. The SMILES string of the molecule is Cc1ccc(CNCc2ccc(C(=O)O)s2)cn1. The highest BCUT2D eigenvalue weighted by atomic mass is 32.1. The van der Waals surface area contributed by atoms with Crippen LogP contribution in [0.25, 0.3) is 0 Å². The van der Waals surface area contributed by atoms with Gasteiger partial charge in [-0.05, 0) is 30.7 Å². The first-order chi connectivity index (χ1) is 8.65. The van der Waals surface area contributed by atoms with Gasteiger partial charge in [0.2, 0.25) is 0 Å². The van der Waals surface area contributed by atoms with Gasteiger partial charge >= 0.3 is 5.97 Å². The van der Waals surface area contributed by atoms with Gasteiger partial charge in [-0.25, -0.2) is 4.79 Å². The Morgan fingerprint density at radius 1 is 1.33 bits per heavy atom. The number of nitrogens with one attached hydrogen (secondary N) is 1. The van der Waals surface area contributed by atoms with Crippen molar-refractivity contribution in [3.8, 4) is 0 Å². The van der Waals surface area contributed by atoms with Crippen LogP contribution in [0, 0.1) is 6.92 Å². The fourth-order valence-corrected chi connectivity index (χ4v) is 2.34. The smallest absolute Gasteiger partial charge is 0.345 e. The van der Waals surface area contributed by atoms with E-state index in [1.807, 2.05) is 31.3 Å². The fraction of sp³-hybridized carbons (Fsp3) is 0.231. The standard InChI is InChI=1S/C13H14N2O2S/c1-9-2-3-10(7-15-9)6-14-8-11-4-5-12(18-11)13(16)17/h2-5,7,14H,6,8H2,1H3,(H,16,17). The Balaban J connectivity index is 1.84. The second-order valence-electron chi connectivity index (χ2n) is 3.98. The van der Waals surface area contributed by atoms with E-state index in [0.29, 0.717) is 11.4 Å². The molecule has 0 radical (unpaired) electrons.